The van der Waals surface area contributed by atoms with Crippen molar-refractivity contribution in [3.05, 3.63) is 60.0 Å². The first-order valence-electron chi connectivity index (χ1n) is 12.7. The molecular formula is C28H33N3O4. The Kier molecular flexibility index (Phi) is 6.75. The second-order valence-corrected chi connectivity index (χ2v) is 9.83. The molecule has 7 heteroatoms. The van der Waals surface area contributed by atoms with Gasteiger partial charge in [-0.2, -0.15) is 0 Å². The van der Waals surface area contributed by atoms with E-state index in [1.807, 2.05) is 34.1 Å². The van der Waals surface area contributed by atoms with Gasteiger partial charge in [-0.05, 0) is 82.3 Å². The van der Waals surface area contributed by atoms with Crippen molar-refractivity contribution in [3.63, 3.8) is 0 Å². The fourth-order valence-corrected chi connectivity index (χ4v) is 5.40. The summed E-state index contributed by atoms with van der Waals surface area (Å²) >= 11 is 0. The topological polar surface area (TPSA) is 75.9 Å². The van der Waals surface area contributed by atoms with E-state index in [1.165, 1.54) is 0 Å². The molecule has 3 aromatic rings. The molecule has 0 aliphatic carbocycles. The van der Waals surface area contributed by atoms with E-state index in [9.17, 15) is 9.59 Å². The number of benzene rings is 2. The first-order valence-corrected chi connectivity index (χ1v) is 12.7. The third-order valence-corrected chi connectivity index (χ3v) is 7.39. The lowest BCUT2D eigenvalue weighted by Crippen LogP contribution is -2.49. The van der Waals surface area contributed by atoms with E-state index in [0.717, 1.165) is 49.1 Å². The highest BCUT2D eigenvalue weighted by Gasteiger charge is 2.29. The number of oxazole rings is 1. The molecule has 2 saturated heterocycles. The standard InChI is InChI=1S/C28H33N3O4/c1-19-6-5-7-20(2)31(19)26(32)18-34-23-12-10-22(11-13-23)28(33)30-16-14-21(15-17-30)27-29-24-8-3-4-9-25(24)35-27/h3-4,8-13,19-21H,5-7,14-18H2,1-2H3/t19-,20+. The number of ether oxygens (including phenoxy) is 1. The van der Waals surface area contributed by atoms with Crippen molar-refractivity contribution in [2.75, 3.05) is 19.7 Å². The zero-order valence-electron chi connectivity index (χ0n) is 20.5. The predicted molar refractivity (Wildman–Crippen MR) is 133 cm³/mol. The van der Waals surface area contributed by atoms with Crippen LogP contribution in [0.4, 0.5) is 0 Å². The molecule has 0 bridgehead atoms. The van der Waals surface area contributed by atoms with E-state index in [0.29, 0.717) is 24.4 Å². The zero-order valence-corrected chi connectivity index (χ0v) is 20.5. The Hall–Kier alpha value is -3.35. The summed E-state index contributed by atoms with van der Waals surface area (Å²) in [7, 11) is 0. The maximum Gasteiger partial charge on any atom is 0.260 e. The monoisotopic (exact) mass is 475 g/mol. The lowest BCUT2D eigenvalue weighted by Gasteiger charge is -2.38. The molecule has 2 aliphatic rings. The minimum atomic E-state index is 0.0135. The molecule has 0 saturated carbocycles. The number of carbonyl (C=O) groups excluding carboxylic acids is 2. The lowest BCUT2D eigenvalue weighted by atomic mass is 9.96. The summed E-state index contributed by atoms with van der Waals surface area (Å²) in [5.74, 6) is 1.63. The smallest absolute Gasteiger partial charge is 0.260 e. The van der Waals surface area contributed by atoms with E-state index in [1.54, 1.807) is 24.3 Å². The number of carbonyl (C=O) groups is 2. The molecule has 35 heavy (non-hydrogen) atoms. The molecule has 0 radical (unpaired) electrons. The van der Waals surface area contributed by atoms with Gasteiger partial charge in [-0.3, -0.25) is 9.59 Å². The second-order valence-electron chi connectivity index (χ2n) is 9.83. The Balaban J connectivity index is 1.13. The zero-order chi connectivity index (χ0) is 24.4. The molecule has 0 N–H and O–H groups in total. The van der Waals surface area contributed by atoms with Crippen LogP contribution in [0.1, 0.15) is 68.1 Å². The third kappa shape index (κ3) is 5.04. The summed E-state index contributed by atoms with van der Waals surface area (Å²) in [6, 6.07) is 15.4. The molecule has 2 fully saturated rings. The number of hydrogen-bond acceptors (Lipinski definition) is 5. The average Bonchev–Trinajstić information content (AvgIpc) is 3.32. The molecule has 0 spiro atoms. The van der Waals surface area contributed by atoms with Crippen LogP contribution in [-0.2, 0) is 4.79 Å². The number of amides is 2. The van der Waals surface area contributed by atoms with Crippen LogP contribution in [0.25, 0.3) is 11.1 Å². The van der Waals surface area contributed by atoms with E-state index < -0.39 is 0 Å². The Bertz CT molecular complexity index is 1140. The molecule has 0 unspecified atom stereocenters. The number of para-hydroxylation sites is 2. The molecule has 184 valence electrons. The summed E-state index contributed by atoms with van der Waals surface area (Å²) in [6.07, 6.45) is 4.90. The van der Waals surface area contributed by atoms with Gasteiger partial charge in [0.15, 0.2) is 18.1 Å². The van der Waals surface area contributed by atoms with Crippen molar-refractivity contribution in [1.82, 2.24) is 14.8 Å². The van der Waals surface area contributed by atoms with Crippen molar-refractivity contribution >= 4 is 22.9 Å². The number of rotatable bonds is 5. The van der Waals surface area contributed by atoms with Crippen LogP contribution in [0.5, 0.6) is 5.75 Å². The summed E-state index contributed by atoms with van der Waals surface area (Å²) < 4.78 is 11.7. The SMILES string of the molecule is C[C@@H]1CCC[C@H](C)N1C(=O)COc1ccc(C(=O)N2CCC(c3nc4ccccc4o3)CC2)cc1. The number of nitrogens with zero attached hydrogens (tertiary/aromatic N) is 3. The molecule has 5 rings (SSSR count). The number of aromatic nitrogens is 1. The van der Waals surface area contributed by atoms with Gasteiger partial charge in [0.25, 0.3) is 11.8 Å². The summed E-state index contributed by atoms with van der Waals surface area (Å²) in [5, 5.41) is 0. The minimum Gasteiger partial charge on any atom is -0.484 e. The van der Waals surface area contributed by atoms with Gasteiger partial charge < -0.3 is 19.0 Å². The largest absolute Gasteiger partial charge is 0.484 e. The van der Waals surface area contributed by atoms with Crippen LogP contribution >= 0.6 is 0 Å². The van der Waals surface area contributed by atoms with Crippen LogP contribution in [-0.4, -0.2) is 58.4 Å². The van der Waals surface area contributed by atoms with Gasteiger partial charge in [0, 0.05) is 36.7 Å². The number of piperidine rings is 2. The fraction of sp³-hybridized carbons (Fsp3) is 0.464. The Morgan fingerprint density at radius 1 is 0.971 bits per heavy atom. The Morgan fingerprint density at radius 2 is 1.66 bits per heavy atom. The molecule has 2 amide bonds. The highest BCUT2D eigenvalue weighted by Crippen LogP contribution is 2.30. The van der Waals surface area contributed by atoms with E-state index >= 15 is 0 Å². The van der Waals surface area contributed by atoms with Crippen LogP contribution in [0.3, 0.4) is 0 Å². The van der Waals surface area contributed by atoms with Crippen LogP contribution in [0.2, 0.25) is 0 Å². The van der Waals surface area contributed by atoms with E-state index in [-0.39, 0.29) is 36.4 Å². The quantitative estimate of drug-likeness (QED) is 0.518. The highest BCUT2D eigenvalue weighted by atomic mass is 16.5. The fourth-order valence-electron chi connectivity index (χ4n) is 5.40. The molecule has 2 atom stereocenters. The van der Waals surface area contributed by atoms with Gasteiger partial charge in [-0.25, -0.2) is 4.98 Å². The molecular weight excluding hydrogens is 442 g/mol. The normalized spacial score (nSPS) is 21.3. The van der Waals surface area contributed by atoms with Crippen LogP contribution in [0, 0.1) is 0 Å². The highest BCUT2D eigenvalue weighted by molar-refractivity contribution is 5.94. The van der Waals surface area contributed by atoms with E-state index in [4.69, 9.17) is 9.15 Å². The third-order valence-electron chi connectivity index (χ3n) is 7.39. The Morgan fingerprint density at radius 3 is 2.34 bits per heavy atom. The minimum absolute atomic E-state index is 0.0135. The number of likely N-dealkylation sites (tertiary alicyclic amines) is 2. The Labute approximate surface area is 206 Å². The average molecular weight is 476 g/mol. The van der Waals surface area contributed by atoms with E-state index in [2.05, 4.69) is 18.8 Å². The molecule has 3 heterocycles. The van der Waals surface area contributed by atoms with Gasteiger partial charge in [0.05, 0.1) is 0 Å². The number of fused-ring (bicyclic) bond motifs is 1. The van der Waals surface area contributed by atoms with Crippen molar-refractivity contribution in [2.45, 2.75) is 64.0 Å². The second kappa shape index (κ2) is 10.1. The molecule has 2 aliphatic heterocycles. The van der Waals surface area contributed by atoms with Crippen LogP contribution < -0.4 is 4.74 Å². The number of hydrogen-bond donors (Lipinski definition) is 0. The van der Waals surface area contributed by atoms with Crippen molar-refractivity contribution < 1.29 is 18.7 Å². The van der Waals surface area contributed by atoms with Crippen molar-refractivity contribution in [1.29, 1.82) is 0 Å². The summed E-state index contributed by atoms with van der Waals surface area (Å²) in [4.78, 5) is 34.2. The molecule has 1 aromatic heterocycles. The van der Waals surface area contributed by atoms with Gasteiger partial charge in [-0.15, -0.1) is 0 Å². The van der Waals surface area contributed by atoms with Gasteiger partial charge in [0.1, 0.15) is 11.3 Å². The molecule has 2 aromatic carbocycles. The predicted octanol–water partition coefficient (Wildman–Crippen LogP) is 5.02. The summed E-state index contributed by atoms with van der Waals surface area (Å²) in [6.45, 7) is 5.56. The van der Waals surface area contributed by atoms with Crippen LogP contribution in [0.15, 0.2) is 52.9 Å². The first-order chi connectivity index (χ1) is 17.0. The van der Waals surface area contributed by atoms with Gasteiger partial charge >= 0.3 is 0 Å². The van der Waals surface area contributed by atoms with Crippen molar-refractivity contribution in [2.24, 2.45) is 0 Å². The van der Waals surface area contributed by atoms with Crippen molar-refractivity contribution in [3.8, 4) is 5.75 Å². The maximum atomic E-state index is 13.0. The first kappa shape index (κ1) is 23.4. The lowest BCUT2D eigenvalue weighted by molar-refractivity contribution is -0.139. The van der Waals surface area contributed by atoms with Gasteiger partial charge in [-0.1, -0.05) is 12.1 Å². The molecule has 7 nitrogen and oxygen atoms in total. The van der Waals surface area contributed by atoms with Gasteiger partial charge in [0.2, 0.25) is 0 Å². The summed E-state index contributed by atoms with van der Waals surface area (Å²) in [5.41, 5.74) is 2.32. The maximum absolute atomic E-state index is 13.0.